The van der Waals surface area contributed by atoms with E-state index in [4.69, 9.17) is 0 Å². The number of piperazine rings is 1. The minimum absolute atomic E-state index is 0.0115. The molecule has 3 rings (SSSR count). The average molecular weight is 425 g/mol. The molecule has 1 aromatic carbocycles. The van der Waals surface area contributed by atoms with Gasteiger partial charge in [0, 0.05) is 63.5 Å². The van der Waals surface area contributed by atoms with Crippen molar-refractivity contribution < 1.29 is 18.1 Å². The van der Waals surface area contributed by atoms with Crippen LogP contribution in [-0.4, -0.2) is 73.0 Å². The number of rotatable bonds is 6. The van der Waals surface area contributed by atoms with Gasteiger partial charge in [-0.05, 0) is 37.8 Å². The topological polar surface area (TPSA) is 104 Å². The Labute approximate surface area is 171 Å². The minimum atomic E-state index is -3.38. The van der Waals surface area contributed by atoms with Crippen molar-refractivity contribution in [2.75, 3.05) is 43.4 Å². The number of likely N-dealkylation sites (tertiary alicyclic amines) is 1. The molecule has 0 bridgehead atoms. The molecule has 10 heteroatoms. The summed E-state index contributed by atoms with van der Waals surface area (Å²) in [7, 11) is -3.38. The van der Waals surface area contributed by atoms with E-state index in [9.17, 15) is 23.3 Å². The monoisotopic (exact) mass is 424 g/mol. The van der Waals surface area contributed by atoms with Crippen LogP contribution in [0.1, 0.15) is 32.6 Å². The number of hydrogen-bond acceptors (Lipinski definition) is 6. The lowest BCUT2D eigenvalue weighted by atomic mass is 10.00. The summed E-state index contributed by atoms with van der Waals surface area (Å²) in [5, 5.41) is 10.8. The highest BCUT2D eigenvalue weighted by atomic mass is 32.2. The number of nitro benzene ring substituents is 1. The van der Waals surface area contributed by atoms with Crippen molar-refractivity contribution in [3.8, 4) is 0 Å². The van der Waals surface area contributed by atoms with Gasteiger partial charge in [-0.3, -0.25) is 14.9 Å². The Bertz CT molecular complexity index is 835. The number of carbonyl (C=O) groups excluding carboxylic acids is 1. The van der Waals surface area contributed by atoms with Gasteiger partial charge in [-0.15, -0.1) is 0 Å². The molecule has 1 atom stereocenters. The van der Waals surface area contributed by atoms with E-state index in [0.717, 1.165) is 24.9 Å². The summed E-state index contributed by atoms with van der Waals surface area (Å²) >= 11 is 0. The van der Waals surface area contributed by atoms with Crippen LogP contribution < -0.4 is 4.90 Å². The maximum Gasteiger partial charge on any atom is 0.269 e. The van der Waals surface area contributed by atoms with E-state index in [1.165, 1.54) is 16.4 Å². The van der Waals surface area contributed by atoms with Crippen molar-refractivity contribution >= 4 is 27.3 Å². The Hall–Kier alpha value is -2.20. The van der Waals surface area contributed by atoms with Crippen LogP contribution >= 0.6 is 0 Å². The number of benzene rings is 1. The zero-order chi connectivity index (χ0) is 21.0. The largest absolute Gasteiger partial charge is 0.369 e. The number of carbonyl (C=O) groups is 1. The SMILES string of the molecule is CC(=O)N1CCCC[C@@H]1CCS(=O)(=O)N1CCN(c2ccc([N+](=O)[O-])cc2)CC1. The highest BCUT2D eigenvalue weighted by Crippen LogP contribution is 2.23. The zero-order valence-corrected chi connectivity index (χ0v) is 17.5. The number of piperidine rings is 1. The molecule has 1 amide bonds. The number of nitro groups is 1. The Morgan fingerprint density at radius 2 is 1.76 bits per heavy atom. The summed E-state index contributed by atoms with van der Waals surface area (Å²) in [5.74, 6) is 0.0720. The van der Waals surface area contributed by atoms with Crippen molar-refractivity contribution in [2.45, 2.75) is 38.6 Å². The number of nitrogens with zero attached hydrogens (tertiary/aromatic N) is 4. The fourth-order valence-electron chi connectivity index (χ4n) is 4.14. The lowest BCUT2D eigenvalue weighted by Gasteiger charge is -2.37. The molecule has 1 aromatic rings. The summed E-state index contributed by atoms with van der Waals surface area (Å²) in [6.45, 7) is 4.12. The van der Waals surface area contributed by atoms with Crippen LogP contribution in [0.25, 0.3) is 0 Å². The summed E-state index contributed by atoms with van der Waals surface area (Å²) in [4.78, 5) is 26.0. The second kappa shape index (κ2) is 9.08. The van der Waals surface area contributed by atoms with E-state index in [1.807, 2.05) is 9.80 Å². The number of hydrogen-bond donors (Lipinski definition) is 0. The van der Waals surface area contributed by atoms with Crippen molar-refractivity contribution in [1.82, 2.24) is 9.21 Å². The number of anilines is 1. The maximum atomic E-state index is 12.8. The molecule has 2 heterocycles. The number of sulfonamides is 1. The third-order valence-corrected chi connectivity index (χ3v) is 7.70. The third kappa shape index (κ3) is 5.24. The molecule has 9 nitrogen and oxygen atoms in total. The first-order valence-electron chi connectivity index (χ1n) is 10.0. The molecule has 2 aliphatic heterocycles. The Balaban J connectivity index is 1.53. The molecule has 160 valence electrons. The highest BCUT2D eigenvalue weighted by molar-refractivity contribution is 7.89. The normalized spacial score (nSPS) is 21.2. The Morgan fingerprint density at radius 3 is 2.34 bits per heavy atom. The fourth-order valence-corrected chi connectivity index (χ4v) is 5.69. The molecule has 0 saturated carbocycles. The van der Waals surface area contributed by atoms with Gasteiger partial charge in [-0.2, -0.15) is 4.31 Å². The van der Waals surface area contributed by atoms with Gasteiger partial charge in [-0.1, -0.05) is 0 Å². The highest BCUT2D eigenvalue weighted by Gasteiger charge is 2.30. The quantitative estimate of drug-likeness (QED) is 0.510. The number of amides is 1. The summed E-state index contributed by atoms with van der Waals surface area (Å²) in [6.07, 6.45) is 3.35. The van der Waals surface area contributed by atoms with Crippen molar-refractivity contribution in [3.05, 3.63) is 34.4 Å². The van der Waals surface area contributed by atoms with Gasteiger partial charge in [-0.25, -0.2) is 8.42 Å². The first-order chi connectivity index (χ1) is 13.8. The van der Waals surface area contributed by atoms with Gasteiger partial charge in [0.1, 0.15) is 0 Å². The van der Waals surface area contributed by atoms with E-state index in [-0.39, 0.29) is 23.4 Å². The molecule has 0 N–H and O–H groups in total. The standard InChI is InChI=1S/C19H28N4O5S/c1-16(24)22-10-3-2-4-18(22)9-15-29(27,28)21-13-11-20(12-14-21)17-5-7-19(8-6-17)23(25)26/h5-8,18H,2-4,9-15H2,1H3/t18-/m1/s1. The van der Waals surface area contributed by atoms with E-state index in [1.54, 1.807) is 19.1 Å². The lowest BCUT2D eigenvalue weighted by molar-refractivity contribution is -0.384. The molecule has 0 aliphatic carbocycles. The van der Waals surface area contributed by atoms with Gasteiger partial charge in [0.05, 0.1) is 10.7 Å². The van der Waals surface area contributed by atoms with Crippen molar-refractivity contribution in [3.63, 3.8) is 0 Å². The molecule has 2 fully saturated rings. The van der Waals surface area contributed by atoms with E-state index >= 15 is 0 Å². The predicted octanol–water partition coefficient (Wildman–Crippen LogP) is 1.84. The Kier molecular flexibility index (Phi) is 6.74. The Morgan fingerprint density at radius 1 is 1.10 bits per heavy atom. The maximum absolute atomic E-state index is 12.8. The fraction of sp³-hybridized carbons (Fsp3) is 0.632. The van der Waals surface area contributed by atoms with E-state index in [2.05, 4.69) is 0 Å². The molecule has 0 radical (unpaired) electrons. The van der Waals surface area contributed by atoms with Gasteiger partial charge in [0.2, 0.25) is 15.9 Å². The van der Waals surface area contributed by atoms with Gasteiger partial charge >= 0.3 is 0 Å². The second-order valence-corrected chi connectivity index (χ2v) is 9.71. The van der Waals surface area contributed by atoms with Crippen LogP contribution in [0.4, 0.5) is 11.4 Å². The molecule has 0 aromatic heterocycles. The smallest absolute Gasteiger partial charge is 0.269 e. The summed E-state index contributed by atoms with van der Waals surface area (Å²) in [6, 6.07) is 6.33. The molecule has 0 spiro atoms. The predicted molar refractivity (Wildman–Crippen MR) is 110 cm³/mol. The van der Waals surface area contributed by atoms with Crippen LogP contribution in [-0.2, 0) is 14.8 Å². The summed E-state index contributed by atoms with van der Waals surface area (Å²) < 4.78 is 27.1. The molecular weight excluding hydrogens is 396 g/mol. The van der Waals surface area contributed by atoms with Gasteiger partial charge in [0.15, 0.2) is 0 Å². The van der Waals surface area contributed by atoms with Crippen LogP contribution in [0.3, 0.4) is 0 Å². The van der Waals surface area contributed by atoms with Crippen molar-refractivity contribution in [2.24, 2.45) is 0 Å². The van der Waals surface area contributed by atoms with Gasteiger partial charge in [0.25, 0.3) is 5.69 Å². The van der Waals surface area contributed by atoms with Crippen molar-refractivity contribution in [1.29, 1.82) is 0 Å². The van der Waals surface area contributed by atoms with Crippen LogP contribution in [0.5, 0.6) is 0 Å². The van der Waals surface area contributed by atoms with Crippen LogP contribution in [0.2, 0.25) is 0 Å². The first kappa shape index (κ1) is 21.5. The summed E-state index contributed by atoms with van der Waals surface area (Å²) in [5.41, 5.74) is 0.893. The van der Waals surface area contributed by atoms with Crippen LogP contribution in [0, 0.1) is 10.1 Å². The molecule has 29 heavy (non-hydrogen) atoms. The third-order valence-electron chi connectivity index (χ3n) is 5.80. The second-order valence-electron chi connectivity index (χ2n) is 7.63. The molecule has 0 unspecified atom stereocenters. The molecule has 2 saturated heterocycles. The zero-order valence-electron chi connectivity index (χ0n) is 16.7. The van der Waals surface area contributed by atoms with Crippen LogP contribution in [0.15, 0.2) is 24.3 Å². The first-order valence-corrected chi connectivity index (χ1v) is 11.6. The molecule has 2 aliphatic rings. The van der Waals surface area contributed by atoms with E-state index < -0.39 is 14.9 Å². The lowest BCUT2D eigenvalue weighted by Crippen LogP contribution is -2.50. The van der Waals surface area contributed by atoms with Gasteiger partial charge < -0.3 is 9.80 Å². The minimum Gasteiger partial charge on any atom is -0.369 e. The molecular formula is C19H28N4O5S. The van der Waals surface area contributed by atoms with E-state index in [0.29, 0.717) is 39.1 Å². The average Bonchev–Trinajstić information content (AvgIpc) is 2.72. The number of non-ortho nitro benzene ring substituents is 1.